The number of benzene rings is 1. The van der Waals surface area contributed by atoms with E-state index in [9.17, 15) is 14.7 Å². The molecule has 0 bridgehead atoms. The molecule has 2 N–H and O–H groups in total. The summed E-state index contributed by atoms with van der Waals surface area (Å²) in [5.74, 6) is -1.44. The van der Waals surface area contributed by atoms with Gasteiger partial charge in [0.15, 0.2) is 0 Å². The first-order valence-corrected chi connectivity index (χ1v) is 6.24. The Morgan fingerprint density at radius 2 is 1.95 bits per heavy atom. The summed E-state index contributed by atoms with van der Waals surface area (Å²) in [5, 5.41) is 12.0. The molecule has 0 saturated carbocycles. The summed E-state index contributed by atoms with van der Waals surface area (Å²) < 4.78 is 4.76. The van der Waals surface area contributed by atoms with Gasteiger partial charge in [0.05, 0.1) is 12.7 Å². The third kappa shape index (κ3) is 4.99. The van der Waals surface area contributed by atoms with Gasteiger partial charge >= 0.3 is 11.8 Å². The number of carbonyl (C=O) groups is 2. The molecule has 6 nitrogen and oxygen atoms in total. The van der Waals surface area contributed by atoms with Crippen LogP contribution in [0.25, 0.3) is 0 Å². The Bertz CT molecular complexity index is 459. The van der Waals surface area contributed by atoms with Crippen LogP contribution < -0.4 is 5.32 Å². The molecule has 1 aromatic rings. The van der Waals surface area contributed by atoms with E-state index >= 15 is 0 Å². The van der Waals surface area contributed by atoms with E-state index in [1.165, 1.54) is 14.2 Å². The molecule has 0 heterocycles. The molecule has 0 aliphatic heterocycles. The maximum Gasteiger partial charge on any atom is 0.313 e. The first kappa shape index (κ1) is 16.1. The number of methoxy groups -OCH3 is 1. The molecule has 1 unspecified atom stereocenters. The van der Waals surface area contributed by atoms with Gasteiger partial charge < -0.3 is 20.1 Å². The lowest BCUT2D eigenvalue weighted by Gasteiger charge is -2.19. The van der Waals surface area contributed by atoms with Crippen LogP contribution in [0.1, 0.15) is 5.56 Å². The molecule has 0 aromatic heterocycles. The quantitative estimate of drug-likeness (QED) is 0.765. The summed E-state index contributed by atoms with van der Waals surface area (Å²) in [6.07, 6.45) is -0.818. The smallest absolute Gasteiger partial charge is 0.313 e. The minimum Gasteiger partial charge on any atom is -0.389 e. The normalized spacial score (nSPS) is 11.8. The Morgan fingerprint density at radius 3 is 2.50 bits per heavy atom. The van der Waals surface area contributed by atoms with Crippen molar-refractivity contribution in [2.45, 2.75) is 13.0 Å². The maximum atomic E-state index is 11.8. The van der Waals surface area contributed by atoms with Crippen molar-refractivity contribution in [2.75, 3.05) is 32.6 Å². The average molecular weight is 280 g/mol. The molecule has 0 fully saturated rings. The zero-order valence-electron chi connectivity index (χ0n) is 11.9. The summed E-state index contributed by atoms with van der Waals surface area (Å²) in [6, 6.07) is 7.12. The van der Waals surface area contributed by atoms with Gasteiger partial charge in [-0.25, -0.2) is 0 Å². The molecule has 0 saturated heterocycles. The summed E-state index contributed by atoms with van der Waals surface area (Å²) in [5.41, 5.74) is 1.62. The number of anilines is 1. The number of ether oxygens (including phenoxy) is 1. The number of hydrogen-bond donors (Lipinski definition) is 2. The molecule has 0 aliphatic rings. The lowest BCUT2D eigenvalue weighted by molar-refractivity contribution is -0.143. The molecule has 0 aliphatic carbocycles. The third-order valence-corrected chi connectivity index (χ3v) is 2.69. The Balaban J connectivity index is 2.53. The third-order valence-electron chi connectivity index (χ3n) is 2.69. The second-order valence-corrected chi connectivity index (χ2v) is 4.61. The van der Waals surface area contributed by atoms with Gasteiger partial charge in [0.1, 0.15) is 0 Å². The van der Waals surface area contributed by atoms with Crippen LogP contribution in [0.15, 0.2) is 24.3 Å². The molecular formula is C14H20N2O4. The van der Waals surface area contributed by atoms with Crippen molar-refractivity contribution in [2.24, 2.45) is 0 Å². The van der Waals surface area contributed by atoms with Crippen molar-refractivity contribution in [3.8, 4) is 0 Å². The number of carbonyl (C=O) groups excluding carboxylic acids is 2. The van der Waals surface area contributed by atoms with Crippen molar-refractivity contribution in [3.05, 3.63) is 29.8 Å². The molecule has 1 atom stereocenters. The lowest BCUT2D eigenvalue weighted by Crippen LogP contribution is -2.42. The highest BCUT2D eigenvalue weighted by Crippen LogP contribution is 2.08. The summed E-state index contributed by atoms with van der Waals surface area (Å²) in [6.45, 7) is 2.08. The van der Waals surface area contributed by atoms with Gasteiger partial charge in [-0.2, -0.15) is 0 Å². The number of hydrogen-bond acceptors (Lipinski definition) is 4. The van der Waals surface area contributed by atoms with Gasteiger partial charge in [-0.15, -0.1) is 0 Å². The van der Waals surface area contributed by atoms with E-state index in [2.05, 4.69) is 5.32 Å². The van der Waals surface area contributed by atoms with Crippen molar-refractivity contribution >= 4 is 17.5 Å². The lowest BCUT2D eigenvalue weighted by atomic mass is 10.2. The van der Waals surface area contributed by atoms with Gasteiger partial charge in [-0.05, 0) is 19.1 Å². The Hall–Kier alpha value is -1.92. The minimum absolute atomic E-state index is 0.0357. The summed E-state index contributed by atoms with van der Waals surface area (Å²) in [7, 11) is 2.91. The summed E-state index contributed by atoms with van der Waals surface area (Å²) in [4.78, 5) is 24.7. The molecular weight excluding hydrogens is 260 g/mol. The molecule has 6 heteroatoms. The highest BCUT2D eigenvalue weighted by atomic mass is 16.5. The van der Waals surface area contributed by atoms with E-state index in [0.29, 0.717) is 5.69 Å². The molecule has 20 heavy (non-hydrogen) atoms. The standard InChI is InChI=1S/C14H20N2O4/c1-10-4-6-11(7-5-10)15-13(18)14(19)16(2)8-12(17)9-20-3/h4-7,12,17H,8-9H2,1-3H3,(H,15,18). The van der Waals surface area contributed by atoms with E-state index in [0.717, 1.165) is 10.5 Å². The largest absolute Gasteiger partial charge is 0.389 e. The molecule has 1 aromatic carbocycles. The second-order valence-electron chi connectivity index (χ2n) is 4.61. The number of rotatable bonds is 5. The maximum absolute atomic E-state index is 11.8. The van der Waals surface area contributed by atoms with Crippen LogP contribution >= 0.6 is 0 Å². The predicted molar refractivity (Wildman–Crippen MR) is 75.3 cm³/mol. The van der Waals surface area contributed by atoms with Crippen LogP contribution in [0.2, 0.25) is 0 Å². The topological polar surface area (TPSA) is 78.9 Å². The predicted octanol–water partition coefficient (Wildman–Crippen LogP) is 0.399. The number of amides is 2. The SMILES string of the molecule is COCC(O)CN(C)C(=O)C(=O)Nc1ccc(C)cc1. The van der Waals surface area contributed by atoms with Crippen molar-refractivity contribution in [3.63, 3.8) is 0 Å². The first-order chi connectivity index (χ1) is 9.43. The Morgan fingerprint density at radius 1 is 1.35 bits per heavy atom. The van der Waals surface area contributed by atoms with Crippen LogP contribution in [0.5, 0.6) is 0 Å². The molecule has 0 spiro atoms. The molecule has 0 radical (unpaired) electrons. The van der Waals surface area contributed by atoms with Crippen LogP contribution in [0.3, 0.4) is 0 Å². The monoisotopic (exact) mass is 280 g/mol. The van der Waals surface area contributed by atoms with Crippen LogP contribution in [0, 0.1) is 6.92 Å². The van der Waals surface area contributed by atoms with Crippen LogP contribution in [0.4, 0.5) is 5.69 Å². The van der Waals surface area contributed by atoms with Gasteiger partial charge in [0.25, 0.3) is 0 Å². The number of nitrogens with zero attached hydrogens (tertiary/aromatic N) is 1. The Kier molecular flexibility index (Phi) is 6.14. The van der Waals surface area contributed by atoms with Gasteiger partial charge in [0, 0.05) is 26.4 Å². The van der Waals surface area contributed by atoms with E-state index < -0.39 is 17.9 Å². The van der Waals surface area contributed by atoms with Crippen molar-refractivity contribution in [1.29, 1.82) is 0 Å². The molecule has 1 rings (SSSR count). The number of nitrogens with one attached hydrogen (secondary N) is 1. The number of aliphatic hydroxyl groups excluding tert-OH is 1. The number of aryl methyl sites for hydroxylation is 1. The zero-order valence-corrected chi connectivity index (χ0v) is 11.9. The van der Waals surface area contributed by atoms with E-state index in [1.54, 1.807) is 12.1 Å². The van der Waals surface area contributed by atoms with E-state index in [-0.39, 0.29) is 13.2 Å². The fourth-order valence-corrected chi connectivity index (χ4v) is 1.64. The number of likely N-dealkylation sites (N-methyl/N-ethyl adjacent to an activating group) is 1. The highest BCUT2D eigenvalue weighted by molar-refractivity contribution is 6.39. The zero-order chi connectivity index (χ0) is 15.1. The molecule has 110 valence electrons. The highest BCUT2D eigenvalue weighted by Gasteiger charge is 2.20. The summed E-state index contributed by atoms with van der Waals surface area (Å²) >= 11 is 0. The fourth-order valence-electron chi connectivity index (χ4n) is 1.64. The average Bonchev–Trinajstić information content (AvgIpc) is 2.40. The second kappa shape index (κ2) is 7.62. The minimum atomic E-state index is -0.818. The van der Waals surface area contributed by atoms with Crippen LogP contribution in [-0.2, 0) is 14.3 Å². The Labute approximate surface area is 118 Å². The van der Waals surface area contributed by atoms with Gasteiger partial charge in [-0.3, -0.25) is 9.59 Å². The van der Waals surface area contributed by atoms with E-state index in [4.69, 9.17) is 4.74 Å². The van der Waals surface area contributed by atoms with Crippen molar-refractivity contribution < 1.29 is 19.4 Å². The number of aliphatic hydroxyl groups is 1. The fraction of sp³-hybridized carbons (Fsp3) is 0.429. The van der Waals surface area contributed by atoms with Gasteiger partial charge in [0.2, 0.25) is 0 Å². The van der Waals surface area contributed by atoms with Gasteiger partial charge in [-0.1, -0.05) is 17.7 Å². The first-order valence-electron chi connectivity index (χ1n) is 6.24. The van der Waals surface area contributed by atoms with Crippen LogP contribution in [-0.4, -0.2) is 55.2 Å². The van der Waals surface area contributed by atoms with E-state index in [1.807, 2.05) is 19.1 Å². The van der Waals surface area contributed by atoms with Crippen molar-refractivity contribution in [1.82, 2.24) is 4.90 Å². The molecule has 2 amide bonds.